The molecule has 0 aliphatic carbocycles. The highest BCUT2D eigenvalue weighted by Crippen LogP contribution is 2.26. The average Bonchev–Trinajstić information content (AvgIpc) is 2.40. The molecule has 20 heavy (non-hydrogen) atoms. The molecule has 0 saturated carbocycles. The lowest BCUT2D eigenvalue weighted by molar-refractivity contribution is 0.415. The third kappa shape index (κ3) is 3.40. The number of hydrogen-bond donors (Lipinski definition) is 1. The summed E-state index contributed by atoms with van der Waals surface area (Å²) < 4.78 is 45.2. The minimum atomic E-state index is -0.950. The van der Waals surface area contributed by atoms with E-state index in [-0.39, 0.29) is 11.6 Å². The number of hydrogen-bond acceptors (Lipinski definition) is 3. The molecular formula is C14H13F3N2O. The number of halogens is 3. The molecule has 0 fully saturated rings. The third-order valence-corrected chi connectivity index (χ3v) is 2.45. The minimum Gasteiger partial charge on any atom is -0.436 e. The molecule has 0 amide bonds. The SMILES string of the molecule is CCCNc1nc(Oc2cccc(F)c2)c(F)cc1F. The lowest BCUT2D eigenvalue weighted by Crippen LogP contribution is -2.06. The van der Waals surface area contributed by atoms with Crippen LogP contribution in [0.5, 0.6) is 11.6 Å². The molecule has 0 saturated heterocycles. The fraction of sp³-hybridized carbons (Fsp3) is 0.214. The molecule has 0 aliphatic rings. The maximum absolute atomic E-state index is 13.6. The molecule has 2 aromatic rings. The Morgan fingerprint density at radius 3 is 2.65 bits per heavy atom. The molecule has 6 heteroatoms. The Balaban J connectivity index is 2.26. The van der Waals surface area contributed by atoms with E-state index in [1.165, 1.54) is 18.2 Å². The molecule has 1 N–H and O–H groups in total. The Morgan fingerprint density at radius 2 is 1.95 bits per heavy atom. The Hall–Kier alpha value is -2.24. The molecule has 1 aromatic heterocycles. The van der Waals surface area contributed by atoms with Crippen LogP contribution in [0.2, 0.25) is 0 Å². The van der Waals surface area contributed by atoms with Crippen molar-refractivity contribution in [2.45, 2.75) is 13.3 Å². The van der Waals surface area contributed by atoms with Gasteiger partial charge in [0.1, 0.15) is 11.6 Å². The van der Waals surface area contributed by atoms with Gasteiger partial charge in [0.15, 0.2) is 17.5 Å². The van der Waals surface area contributed by atoms with E-state index in [9.17, 15) is 13.2 Å². The summed E-state index contributed by atoms with van der Waals surface area (Å²) in [6.45, 7) is 2.40. The van der Waals surface area contributed by atoms with Crippen LogP contribution < -0.4 is 10.1 Å². The summed E-state index contributed by atoms with van der Waals surface area (Å²) in [5.41, 5.74) is 0. The topological polar surface area (TPSA) is 34.2 Å². The second-order valence-corrected chi connectivity index (χ2v) is 4.09. The first-order valence-corrected chi connectivity index (χ1v) is 6.13. The van der Waals surface area contributed by atoms with Crippen LogP contribution in [0.25, 0.3) is 0 Å². The fourth-order valence-electron chi connectivity index (χ4n) is 1.53. The van der Waals surface area contributed by atoms with Crippen molar-refractivity contribution in [3.05, 3.63) is 47.8 Å². The van der Waals surface area contributed by atoms with Gasteiger partial charge in [0, 0.05) is 18.7 Å². The highest BCUT2D eigenvalue weighted by atomic mass is 19.1. The first kappa shape index (κ1) is 14.2. The number of pyridine rings is 1. The van der Waals surface area contributed by atoms with Gasteiger partial charge in [0.05, 0.1) is 0 Å². The van der Waals surface area contributed by atoms with E-state index in [0.29, 0.717) is 12.6 Å². The maximum atomic E-state index is 13.6. The molecule has 1 heterocycles. The van der Waals surface area contributed by atoms with Crippen molar-refractivity contribution in [1.82, 2.24) is 4.98 Å². The van der Waals surface area contributed by atoms with Crippen molar-refractivity contribution in [3.8, 4) is 11.6 Å². The molecule has 0 bridgehead atoms. The molecule has 0 atom stereocenters. The summed E-state index contributed by atoms with van der Waals surface area (Å²) in [4.78, 5) is 3.73. The highest BCUT2D eigenvalue weighted by molar-refractivity contribution is 5.41. The molecule has 0 spiro atoms. The summed E-state index contributed by atoms with van der Waals surface area (Å²) in [6.07, 6.45) is 0.762. The first-order chi connectivity index (χ1) is 9.60. The van der Waals surface area contributed by atoms with Crippen molar-refractivity contribution in [2.75, 3.05) is 11.9 Å². The molecule has 0 aliphatic heterocycles. The van der Waals surface area contributed by atoms with Crippen LogP contribution in [0, 0.1) is 17.5 Å². The lowest BCUT2D eigenvalue weighted by Gasteiger charge is -2.10. The zero-order chi connectivity index (χ0) is 14.5. The van der Waals surface area contributed by atoms with Crippen LogP contribution in [0.15, 0.2) is 30.3 Å². The Bertz CT molecular complexity index is 605. The van der Waals surface area contributed by atoms with Crippen LogP contribution in [-0.2, 0) is 0 Å². The molecule has 1 aromatic carbocycles. The van der Waals surface area contributed by atoms with Gasteiger partial charge in [-0.25, -0.2) is 13.2 Å². The summed E-state index contributed by atoms with van der Waals surface area (Å²) in [5, 5.41) is 2.72. The number of nitrogens with one attached hydrogen (secondary N) is 1. The predicted molar refractivity (Wildman–Crippen MR) is 69.4 cm³/mol. The van der Waals surface area contributed by atoms with Gasteiger partial charge in [0.2, 0.25) is 0 Å². The van der Waals surface area contributed by atoms with Gasteiger partial charge in [0.25, 0.3) is 5.88 Å². The summed E-state index contributed by atoms with van der Waals surface area (Å²) >= 11 is 0. The van der Waals surface area contributed by atoms with Crippen molar-refractivity contribution < 1.29 is 17.9 Å². The number of anilines is 1. The second kappa shape index (κ2) is 6.27. The summed E-state index contributed by atoms with van der Waals surface area (Å²) in [5.74, 6) is -2.69. The van der Waals surface area contributed by atoms with Gasteiger partial charge in [-0.15, -0.1) is 0 Å². The zero-order valence-electron chi connectivity index (χ0n) is 10.8. The average molecular weight is 282 g/mol. The van der Waals surface area contributed by atoms with Crippen LogP contribution >= 0.6 is 0 Å². The fourth-order valence-corrected chi connectivity index (χ4v) is 1.53. The second-order valence-electron chi connectivity index (χ2n) is 4.09. The normalized spacial score (nSPS) is 10.4. The predicted octanol–water partition coefficient (Wildman–Crippen LogP) is 4.11. The number of ether oxygens (including phenoxy) is 1. The minimum absolute atomic E-state index is 0.0875. The van der Waals surface area contributed by atoms with E-state index >= 15 is 0 Å². The van der Waals surface area contributed by atoms with Crippen LogP contribution in [-0.4, -0.2) is 11.5 Å². The smallest absolute Gasteiger partial charge is 0.258 e. The van der Waals surface area contributed by atoms with Gasteiger partial charge >= 0.3 is 0 Å². The van der Waals surface area contributed by atoms with Crippen LogP contribution in [0.3, 0.4) is 0 Å². The monoisotopic (exact) mass is 282 g/mol. The van der Waals surface area contributed by atoms with Crippen LogP contribution in [0.4, 0.5) is 19.0 Å². The zero-order valence-corrected chi connectivity index (χ0v) is 10.8. The first-order valence-electron chi connectivity index (χ1n) is 6.13. The molecule has 2 rings (SSSR count). The van der Waals surface area contributed by atoms with E-state index < -0.39 is 23.3 Å². The number of benzene rings is 1. The van der Waals surface area contributed by atoms with Crippen molar-refractivity contribution >= 4 is 5.82 Å². The van der Waals surface area contributed by atoms with Crippen LogP contribution in [0.1, 0.15) is 13.3 Å². The summed E-state index contributed by atoms with van der Waals surface area (Å²) in [7, 11) is 0. The number of aromatic nitrogens is 1. The van der Waals surface area contributed by atoms with E-state index in [4.69, 9.17) is 4.74 Å². The van der Waals surface area contributed by atoms with E-state index in [0.717, 1.165) is 12.5 Å². The number of rotatable bonds is 5. The van der Waals surface area contributed by atoms with Crippen molar-refractivity contribution in [2.24, 2.45) is 0 Å². The Morgan fingerprint density at radius 1 is 1.15 bits per heavy atom. The maximum Gasteiger partial charge on any atom is 0.258 e. The number of nitrogens with zero attached hydrogens (tertiary/aromatic N) is 1. The molecule has 106 valence electrons. The quantitative estimate of drug-likeness (QED) is 0.896. The van der Waals surface area contributed by atoms with Gasteiger partial charge in [-0.3, -0.25) is 0 Å². The van der Waals surface area contributed by atoms with Gasteiger partial charge in [-0.1, -0.05) is 13.0 Å². The standard InChI is InChI=1S/C14H13F3N2O/c1-2-6-18-13-11(16)8-12(17)14(19-13)20-10-5-3-4-9(15)7-10/h3-5,7-8H,2,6H2,1H3,(H,18,19). The van der Waals surface area contributed by atoms with Gasteiger partial charge in [-0.05, 0) is 18.6 Å². The molecular weight excluding hydrogens is 269 g/mol. The van der Waals surface area contributed by atoms with E-state index in [1.807, 2.05) is 6.92 Å². The summed E-state index contributed by atoms with van der Waals surface area (Å²) in [6, 6.07) is 5.87. The van der Waals surface area contributed by atoms with E-state index in [2.05, 4.69) is 10.3 Å². The highest BCUT2D eigenvalue weighted by Gasteiger charge is 2.13. The largest absolute Gasteiger partial charge is 0.436 e. The Kier molecular flexibility index (Phi) is 4.45. The molecule has 3 nitrogen and oxygen atoms in total. The Labute approximate surface area is 114 Å². The van der Waals surface area contributed by atoms with Crippen molar-refractivity contribution in [3.63, 3.8) is 0 Å². The van der Waals surface area contributed by atoms with E-state index in [1.54, 1.807) is 0 Å². The van der Waals surface area contributed by atoms with Gasteiger partial charge in [-0.2, -0.15) is 4.98 Å². The lowest BCUT2D eigenvalue weighted by atomic mass is 10.3. The molecule has 0 unspecified atom stereocenters. The molecule has 0 radical (unpaired) electrons. The van der Waals surface area contributed by atoms with Gasteiger partial charge < -0.3 is 10.1 Å². The van der Waals surface area contributed by atoms with Crippen molar-refractivity contribution in [1.29, 1.82) is 0 Å². The third-order valence-electron chi connectivity index (χ3n) is 2.45.